The van der Waals surface area contributed by atoms with Crippen molar-refractivity contribution >= 4 is 37.0 Å². The van der Waals surface area contributed by atoms with E-state index in [0.29, 0.717) is 35.3 Å². The van der Waals surface area contributed by atoms with Crippen molar-refractivity contribution in [2.45, 2.75) is 74.5 Å². The Kier molecular flexibility index (Phi) is 7.60. The Bertz CT molecular complexity index is 1820. The van der Waals surface area contributed by atoms with Crippen LogP contribution in [0, 0.1) is 36.5 Å². The summed E-state index contributed by atoms with van der Waals surface area (Å²) >= 11 is 0. The smallest absolute Gasteiger partial charge is 0.314 e. The van der Waals surface area contributed by atoms with Crippen molar-refractivity contribution < 1.29 is 40.6 Å². The molecule has 3 fully saturated rings. The second-order valence-electron chi connectivity index (χ2n) is 12.9. The molecule has 6 unspecified atom stereocenters. The van der Waals surface area contributed by atoms with Crippen molar-refractivity contribution in [1.29, 1.82) is 0 Å². The number of hydrogen-bond donors (Lipinski definition) is 3. The highest BCUT2D eigenvalue weighted by Gasteiger charge is 2.48. The highest BCUT2D eigenvalue weighted by atomic mass is 32.2. The third kappa shape index (κ3) is 5.80. The minimum absolute atomic E-state index is 0.156. The predicted molar refractivity (Wildman–Crippen MR) is 159 cm³/mol. The fourth-order valence-corrected chi connectivity index (χ4v) is 9.61. The van der Waals surface area contributed by atoms with Gasteiger partial charge in [0, 0.05) is 10.8 Å². The van der Waals surface area contributed by atoms with Crippen LogP contribution in [0.25, 0.3) is 10.8 Å². The first-order chi connectivity index (χ1) is 20.2. The van der Waals surface area contributed by atoms with Gasteiger partial charge in [-0.3, -0.25) is 13.9 Å². The van der Waals surface area contributed by atoms with E-state index in [1.807, 2.05) is 6.92 Å². The maximum atomic E-state index is 13.7. The fraction of sp³-hybridized carbons (Fsp3) is 0.469. The van der Waals surface area contributed by atoms with Crippen LogP contribution in [0.15, 0.2) is 52.3 Å². The number of carbonyl (C=O) groups excluding carboxylic acids is 1. The summed E-state index contributed by atoms with van der Waals surface area (Å²) in [4.78, 5) is 13.1. The zero-order valence-electron chi connectivity index (χ0n) is 24.1. The summed E-state index contributed by atoms with van der Waals surface area (Å²) in [6.07, 6.45) is 6.84. The lowest BCUT2D eigenvalue weighted by atomic mass is 9.54. The molecule has 3 N–H and O–H groups in total. The van der Waals surface area contributed by atoms with E-state index in [9.17, 15) is 35.8 Å². The van der Waals surface area contributed by atoms with Crippen LogP contribution in [0.5, 0.6) is 11.5 Å². The van der Waals surface area contributed by atoms with E-state index in [-0.39, 0.29) is 49.5 Å². The van der Waals surface area contributed by atoms with E-state index in [2.05, 4.69) is 0 Å². The van der Waals surface area contributed by atoms with E-state index in [1.165, 1.54) is 43.5 Å². The van der Waals surface area contributed by atoms with Crippen molar-refractivity contribution in [3.8, 4) is 11.5 Å². The molecule has 3 aliphatic carbocycles. The van der Waals surface area contributed by atoms with E-state index in [0.717, 1.165) is 31.2 Å². The first kappa shape index (κ1) is 30.1. The van der Waals surface area contributed by atoms with Gasteiger partial charge < -0.3 is 9.84 Å². The van der Waals surface area contributed by atoms with Gasteiger partial charge in [0.1, 0.15) is 16.4 Å². The van der Waals surface area contributed by atoms with Gasteiger partial charge in [0.25, 0.3) is 20.2 Å². The molecule has 3 bridgehead atoms. The minimum Gasteiger partial charge on any atom is -0.507 e. The molecule has 3 aromatic carbocycles. The largest absolute Gasteiger partial charge is 0.507 e. The topological polar surface area (TPSA) is 155 Å². The zero-order chi connectivity index (χ0) is 30.8. The highest BCUT2D eigenvalue weighted by molar-refractivity contribution is 7.86. The molecule has 0 aliphatic heterocycles. The van der Waals surface area contributed by atoms with Crippen molar-refractivity contribution in [2.24, 2.45) is 29.6 Å². The molecule has 43 heavy (non-hydrogen) atoms. The van der Waals surface area contributed by atoms with Crippen LogP contribution in [-0.4, -0.2) is 37.0 Å². The molecule has 11 heteroatoms. The number of rotatable bonds is 7. The number of phenolic OH excluding ortho intramolecular Hbond substituents is 1. The van der Waals surface area contributed by atoms with Gasteiger partial charge in [-0.2, -0.15) is 16.8 Å². The lowest BCUT2D eigenvalue weighted by molar-refractivity contribution is -0.148. The molecule has 3 aliphatic rings. The second-order valence-corrected chi connectivity index (χ2v) is 15.7. The monoisotopic (exact) mass is 628 g/mol. The van der Waals surface area contributed by atoms with Crippen LogP contribution in [-0.2, 0) is 31.5 Å². The standard InChI is InChI=1S/C32H36O9S2/c1-17(9-19-4-6-24-26(14-19)28(33)7-8-30(24)42(35,36)37)25-16-31(43(38,39)40)18(2)10-29(25)41-32(34)27-15-21-11-20-3-5-23(27)22(12-20)13-21/h4,6-8,10,14,16-17,20-23,27,33H,3,5,9,11-13,15H2,1-2H3,(H,35,36,37)(H,38,39,40). The van der Waals surface area contributed by atoms with Crippen LogP contribution in [0.1, 0.15) is 68.1 Å². The van der Waals surface area contributed by atoms with Crippen molar-refractivity contribution in [3.05, 3.63) is 59.2 Å². The van der Waals surface area contributed by atoms with Crippen LogP contribution >= 0.6 is 0 Å². The molecule has 0 spiro atoms. The molecule has 230 valence electrons. The molecule has 0 aromatic heterocycles. The van der Waals surface area contributed by atoms with E-state index >= 15 is 0 Å². The maximum Gasteiger partial charge on any atom is 0.314 e. The number of aromatic hydroxyl groups is 1. The highest BCUT2D eigenvalue weighted by Crippen LogP contribution is 2.55. The molecule has 3 aromatic rings. The SMILES string of the molecule is Cc1cc(OC(=O)C2CC3CC4CCC2C(C4)C3)c(C(C)Cc2ccc3c(S(=O)(=O)O)ccc(O)c3c2)cc1S(=O)(=O)O. The number of hydrogen-bond acceptors (Lipinski definition) is 7. The van der Waals surface area contributed by atoms with Gasteiger partial charge in [-0.25, -0.2) is 0 Å². The Morgan fingerprint density at radius 1 is 0.884 bits per heavy atom. The van der Waals surface area contributed by atoms with E-state index in [1.54, 1.807) is 19.1 Å². The molecule has 6 rings (SSSR count). The fourth-order valence-electron chi connectivity index (χ4n) is 8.17. The average Bonchev–Trinajstić information content (AvgIpc) is 2.90. The first-order valence-corrected chi connectivity index (χ1v) is 17.6. The summed E-state index contributed by atoms with van der Waals surface area (Å²) in [6, 6.07) is 9.94. The lowest BCUT2D eigenvalue weighted by Crippen LogP contribution is -2.45. The quantitative estimate of drug-likeness (QED) is 0.161. The summed E-state index contributed by atoms with van der Waals surface area (Å²) in [7, 11) is -9.08. The molecule has 6 atom stereocenters. The number of benzene rings is 3. The number of phenols is 1. The minimum atomic E-state index is -4.55. The summed E-state index contributed by atoms with van der Waals surface area (Å²) in [5, 5.41) is 10.8. The maximum absolute atomic E-state index is 13.7. The van der Waals surface area contributed by atoms with Gasteiger partial charge in [0.15, 0.2) is 0 Å². The van der Waals surface area contributed by atoms with Crippen LogP contribution in [0.3, 0.4) is 0 Å². The Morgan fingerprint density at radius 2 is 1.60 bits per heavy atom. The van der Waals surface area contributed by atoms with Crippen molar-refractivity contribution in [2.75, 3.05) is 0 Å². The van der Waals surface area contributed by atoms with Gasteiger partial charge >= 0.3 is 5.97 Å². The molecule has 0 saturated heterocycles. The number of fused-ring (bicyclic) bond motifs is 3. The molecular formula is C32H36O9S2. The van der Waals surface area contributed by atoms with Gasteiger partial charge in [-0.05, 0) is 122 Å². The Labute approximate surface area is 251 Å². The van der Waals surface area contributed by atoms with Crippen molar-refractivity contribution in [3.63, 3.8) is 0 Å². The second kappa shape index (κ2) is 10.9. The normalized spacial score (nSPS) is 25.9. The van der Waals surface area contributed by atoms with Gasteiger partial charge in [0.2, 0.25) is 0 Å². The third-order valence-corrected chi connectivity index (χ3v) is 11.9. The zero-order valence-corrected chi connectivity index (χ0v) is 25.7. The third-order valence-electron chi connectivity index (χ3n) is 10.0. The summed E-state index contributed by atoms with van der Waals surface area (Å²) < 4.78 is 73.7. The van der Waals surface area contributed by atoms with Crippen LogP contribution in [0.2, 0.25) is 0 Å². The number of carbonyl (C=O) groups is 1. The Balaban J connectivity index is 1.33. The van der Waals surface area contributed by atoms with Gasteiger partial charge in [-0.15, -0.1) is 0 Å². The number of ether oxygens (including phenoxy) is 1. The number of aryl methyl sites for hydroxylation is 1. The molecule has 0 amide bonds. The summed E-state index contributed by atoms with van der Waals surface area (Å²) in [5.41, 5.74) is 1.38. The van der Waals surface area contributed by atoms with Crippen LogP contribution in [0.4, 0.5) is 0 Å². The molecule has 9 nitrogen and oxygen atoms in total. The van der Waals surface area contributed by atoms with Gasteiger partial charge in [-0.1, -0.05) is 25.5 Å². The molecule has 0 heterocycles. The van der Waals surface area contributed by atoms with Gasteiger partial charge in [0.05, 0.1) is 10.8 Å². The summed E-state index contributed by atoms with van der Waals surface area (Å²) in [5.74, 6) is 1.35. The Morgan fingerprint density at radius 3 is 2.33 bits per heavy atom. The van der Waals surface area contributed by atoms with Crippen LogP contribution < -0.4 is 4.74 Å². The Hall–Kier alpha value is -2.99. The van der Waals surface area contributed by atoms with E-state index in [4.69, 9.17) is 4.74 Å². The average molecular weight is 629 g/mol. The molecular weight excluding hydrogens is 592 g/mol. The predicted octanol–water partition coefficient (Wildman–Crippen LogP) is 6.06. The lowest BCUT2D eigenvalue weighted by Gasteiger charge is -2.51. The van der Waals surface area contributed by atoms with Crippen molar-refractivity contribution in [1.82, 2.24) is 0 Å². The first-order valence-electron chi connectivity index (χ1n) is 14.7. The molecule has 0 radical (unpaired) electrons. The number of esters is 1. The molecule has 3 saturated carbocycles. The summed E-state index contributed by atoms with van der Waals surface area (Å²) in [6.45, 7) is 3.38. The van der Waals surface area contributed by atoms with E-state index < -0.39 is 26.2 Å².